The van der Waals surface area contributed by atoms with Crippen LogP contribution in [0.2, 0.25) is 0 Å². The molecular weight excluding hydrogens is 466 g/mol. The third kappa shape index (κ3) is 5.32. The molecule has 1 aliphatic rings. The Labute approximate surface area is 197 Å². The van der Waals surface area contributed by atoms with Gasteiger partial charge in [0.1, 0.15) is 11.2 Å². The fraction of sp³-hybridized carbons (Fsp3) is 0.261. The molecule has 12 nitrogen and oxygen atoms in total. The lowest BCUT2D eigenvalue weighted by atomic mass is 9.93. The van der Waals surface area contributed by atoms with Crippen LogP contribution in [0.3, 0.4) is 0 Å². The standard InChI is InChI=1S/C23H19NO11/c1-9(25)31-16-7-6-14-8-15-18(24-17(14)20(16)32-10(2)26)21(33-11(3)27)23(35-13(5)29)22(19(15)30)34-12(4)28/h6-8,22H,1-5H3. The van der Waals surface area contributed by atoms with Crippen LogP contribution >= 0.6 is 0 Å². The molecule has 1 aliphatic carbocycles. The van der Waals surface area contributed by atoms with Crippen molar-refractivity contribution in [1.82, 2.24) is 4.98 Å². The molecule has 0 fully saturated rings. The van der Waals surface area contributed by atoms with Gasteiger partial charge in [0.2, 0.25) is 17.6 Å². The lowest BCUT2D eigenvalue weighted by Gasteiger charge is -2.26. The van der Waals surface area contributed by atoms with Gasteiger partial charge in [-0.2, -0.15) is 0 Å². The Morgan fingerprint density at radius 1 is 0.771 bits per heavy atom. The SMILES string of the molecule is CC(=O)OC1=C(OC(C)=O)C(OC(C)=O)C(=O)c2cc3ccc(OC(C)=O)c(OC(C)=O)c3nc21. The largest absolute Gasteiger partial charge is 0.446 e. The van der Waals surface area contributed by atoms with Crippen LogP contribution < -0.4 is 9.47 Å². The zero-order valence-electron chi connectivity index (χ0n) is 19.2. The summed E-state index contributed by atoms with van der Waals surface area (Å²) in [6.07, 6.45) is -1.73. The summed E-state index contributed by atoms with van der Waals surface area (Å²) in [6, 6.07) is 4.11. The van der Waals surface area contributed by atoms with Crippen LogP contribution in [0.4, 0.5) is 0 Å². The summed E-state index contributed by atoms with van der Waals surface area (Å²) >= 11 is 0. The Morgan fingerprint density at radius 3 is 1.91 bits per heavy atom. The highest BCUT2D eigenvalue weighted by molar-refractivity contribution is 6.11. The summed E-state index contributed by atoms with van der Waals surface area (Å²) in [4.78, 5) is 76.1. The van der Waals surface area contributed by atoms with Crippen LogP contribution in [-0.4, -0.2) is 46.7 Å². The van der Waals surface area contributed by atoms with E-state index in [0.717, 1.165) is 34.6 Å². The number of aromatic nitrogens is 1. The topological polar surface area (TPSA) is 161 Å². The number of fused-ring (bicyclic) bond motifs is 2. The molecule has 2 aromatic rings. The second kappa shape index (κ2) is 9.71. The molecule has 0 radical (unpaired) electrons. The van der Waals surface area contributed by atoms with E-state index in [-0.39, 0.29) is 33.7 Å². The molecular formula is C23H19NO11. The van der Waals surface area contributed by atoms with Crippen molar-refractivity contribution in [3.63, 3.8) is 0 Å². The van der Waals surface area contributed by atoms with Crippen LogP contribution in [0.1, 0.15) is 50.7 Å². The van der Waals surface area contributed by atoms with Gasteiger partial charge in [-0.25, -0.2) is 4.98 Å². The summed E-state index contributed by atoms with van der Waals surface area (Å²) in [5, 5.41) is 0.268. The van der Waals surface area contributed by atoms with Crippen molar-refractivity contribution in [3.05, 3.63) is 35.2 Å². The number of esters is 5. The number of hydrogen-bond donors (Lipinski definition) is 0. The van der Waals surface area contributed by atoms with Gasteiger partial charge < -0.3 is 23.7 Å². The Morgan fingerprint density at radius 2 is 1.37 bits per heavy atom. The van der Waals surface area contributed by atoms with Gasteiger partial charge in [-0.3, -0.25) is 28.8 Å². The van der Waals surface area contributed by atoms with Gasteiger partial charge in [0.15, 0.2) is 17.3 Å². The quantitative estimate of drug-likeness (QED) is 0.344. The molecule has 0 saturated heterocycles. The minimum atomic E-state index is -1.73. The molecule has 3 rings (SSSR count). The van der Waals surface area contributed by atoms with E-state index < -0.39 is 53.3 Å². The number of Topliss-reactive ketones (excluding diaryl/α,β-unsaturated/α-hetero) is 1. The van der Waals surface area contributed by atoms with Crippen molar-refractivity contribution >= 4 is 52.3 Å². The number of benzene rings is 1. The van der Waals surface area contributed by atoms with E-state index >= 15 is 0 Å². The molecule has 0 aliphatic heterocycles. The highest BCUT2D eigenvalue weighted by Gasteiger charge is 2.42. The third-order valence-corrected chi connectivity index (χ3v) is 4.37. The van der Waals surface area contributed by atoms with Gasteiger partial charge >= 0.3 is 29.8 Å². The first-order chi connectivity index (χ1) is 16.4. The Kier molecular flexibility index (Phi) is 6.94. The van der Waals surface area contributed by atoms with E-state index in [1.165, 1.54) is 18.2 Å². The van der Waals surface area contributed by atoms with Gasteiger partial charge in [0.05, 0.1) is 5.56 Å². The molecule has 0 saturated carbocycles. The number of ether oxygens (including phenoxy) is 5. The maximum atomic E-state index is 13.3. The third-order valence-electron chi connectivity index (χ3n) is 4.37. The van der Waals surface area contributed by atoms with Crippen molar-refractivity contribution in [2.75, 3.05) is 0 Å². The number of rotatable bonds is 5. The molecule has 0 N–H and O–H groups in total. The lowest BCUT2D eigenvalue weighted by molar-refractivity contribution is -0.148. The first kappa shape index (κ1) is 25.0. The van der Waals surface area contributed by atoms with Crippen molar-refractivity contribution in [2.45, 2.75) is 40.7 Å². The predicted molar refractivity (Wildman–Crippen MR) is 115 cm³/mol. The highest BCUT2D eigenvalue weighted by atomic mass is 16.6. The minimum absolute atomic E-state index is 0.0386. The predicted octanol–water partition coefficient (Wildman–Crippen LogP) is 2.01. The smallest absolute Gasteiger partial charge is 0.308 e. The summed E-state index contributed by atoms with van der Waals surface area (Å²) in [5.74, 6) is -6.27. The number of carbonyl (C=O) groups is 6. The van der Waals surface area contributed by atoms with Crippen LogP contribution in [0.25, 0.3) is 16.7 Å². The van der Waals surface area contributed by atoms with E-state index in [9.17, 15) is 28.8 Å². The van der Waals surface area contributed by atoms with E-state index in [4.69, 9.17) is 23.7 Å². The van der Waals surface area contributed by atoms with E-state index in [1.54, 1.807) is 0 Å². The highest BCUT2D eigenvalue weighted by Crippen LogP contribution is 2.40. The van der Waals surface area contributed by atoms with Crippen LogP contribution in [0.15, 0.2) is 24.0 Å². The Bertz CT molecular complexity index is 1340. The molecule has 1 aromatic heterocycles. The average molecular weight is 485 g/mol. The summed E-state index contributed by atoms with van der Waals surface area (Å²) in [6.45, 7) is 5.38. The number of nitrogens with zero attached hydrogens (tertiary/aromatic N) is 1. The number of pyridine rings is 1. The Balaban J connectivity index is 2.40. The number of carbonyl (C=O) groups excluding carboxylic acids is 6. The van der Waals surface area contributed by atoms with E-state index in [1.807, 2.05) is 0 Å². The molecule has 12 heteroatoms. The second-order valence-electron chi connectivity index (χ2n) is 7.27. The number of hydrogen-bond acceptors (Lipinski definition) is 12. The number of ketones is 1. The molecule has 0 spiro atoms. The maximum Gasteiger partial charge on any atom is 0.308 e. The zero-order chi connectivity index (χ0) is 26.0. The molecule has 0 bridgehead atoms. The van der Waals surface area contributed by atoms with Crippen molar-refractivity contribution in [2.24, 2.45) is 0 Å². The molecule has 35 heavy (non-hydrogen) atoms. The summed E-state index contributed by atoms with van der Waals surface area (Å²) < 4.78 is 25.7. The molecule has 0 amide bonds. The average Bonchev–Trinajstić information content (AvgIpc) is 2.73. The summed E-state index contributed by atoms with van der Waals surface area (Å²) in [5.41, 5.74) is -0.432. The minimum Gasteiger partial charge on any atom is -0.446 e. The van der Waals surface area contributed by atoms with Gasteiger partial charge in [-0.05, 0) is 18.2 Å². The Hall–Kier alpha value is -4.61. The normalized spacial score (nSPS) is 14.7. The van der Waals surface area contributed by atoms with Gasteiger partial charge in [0.25, 0.3) is 0 Å². The molecule has 182 valence electrons. The zero-order valence-corrected chi connectivity index (χ0v) is 19.2. The molecule has 1 unspecified atom stereocenters. The monoisotopic (exact) mass is 485 g/mol. The van der Waals surface area contributed by atoms with Gasteiger partial charge in [0, 0.05) is 40.0 Å². The van der Waals surface area contributed by atoms with Crippen molar-refractivity contribution in [3.8, 4) is 11.5 Å². The lowest BCUT2D eigenvalue weighted by Crippen LogP contribution is -2.36. The fourth-order valence-corrected chi connectivity index (χ4v) is 3.30. The fourth-order valence-electron chi connectivity index (χ4n) is 3.30. The molecule has 1 atom stereocenters. The maximum absolute atomic E-state index is 13.3. The molecule has 1 aromatic carbocycles. The first-order valence-corrected chi connectivity index (χ1v) is 10.1. The summed E-state index contributed by atoms with van der Waals surface area (Å²) in [7, 11) is 0. The van der Waals surface area contributed by atoms with Crippen LogP contribution in [0.5, 0.6) is 11.5 Å². The molecule has 1 heterocycles. The van der Waals surface area contributed by atoms with E-state index in [2.05, 4.69) is 4.98 Å². The van der Waals surface area contributed by atoms with E-state index in [0.29, 0.717) is 0 Å². The van der Waals surface area contributed by atoms with Crippen LogP contribution in [0, 0.1) is 0 Å². The van der Waals surface area contributed by atoms with Crippen molar-refractivity contribution in [1.29, 1.82) is 0 Å². The van der Waals surface area contributed by atoms with Crippen molar-refractivity contribution < 1.29 is 52.5 Å². The van der Waals surface area contributed by atoms with Gasteiger partial charge in [-0.1, -0.05) is 0 Å². The second-order valence-corrected chi connectivity index (χ2v) is 7.27. The van der Waals surface area contributed by atoms with Gasteiger partial charge in [-0.15, -0.1) is 0 Å². The first-order valence-electron chi connectivity index (χ1n) is 10.1. The van der Waals surface area contributed by atoms with Crippen LogP contribution in [-0.2, 0) is 38.2 Å².